The molecule has 3 rings (SSSR count). The molecular weight excluding hydrogens is 471 g/mol. The Morgan fingerprint density at radius 2 is 1.48 bits per heavy atom. The number of sulfonamides is 1. The lowest BCUT2D eigenvalue weighted by Crippen LogP contribution is -2.31. The van der Waals surface area contributed by atoms with E-state index in [0.29, 0.717) is 11.3 Å². The lowest BCUT2D eigenvalue weighted by atomic mass is 10.2. The second-order valence-electron chi connectivity index (χ2n) is 5.97. The van der Waals surface area contributed by atoms with Gasteiger partial charge in [-0.25, -0.2) is 8.42 Å². The van der Waals surface area contributed by atoms with E-state index in [4.69, 9.17) is 0 Å². The number of rotatable bonds is 6. The molecule has 0 aromatic heterocycles. The lowest BCUT2D eigenvalue weighted by molar-refractivity contribution is -0.275. The highest BCUT2D eigenvalue weighted by Gasteiger charge is 2.36. The van der Waals surface area contributed by atoms with Gasteiger partial charge in [0.1, 0.15) is 4.90 Å². The van der Waals surface area contributed by atoms with Crippen LogP contribution in [0.1, 0.15) is 5.56 Å². The van der Waals surface area contributed by atoms with Crippen LogP contribution in [0, 0.1) is 0 Å². The van der Waals surface area contributed by atoms with Crippen LogP contribution >= 0.6 is 15.9 Å². The fourth-order valence-corrected chi connectivity index (χ4v) is 4.57. The van der Waals surface area contributed by atoms with E-state index in [-0.39, 0.29) is 11.0 Å². The van der Waals surface area contributed by atoms with Gasteiger partial charge in [0.2, 0.25) is 0 Å². The zero-order valence-electron chi connectivity index (χ0n) is 14.8. The van der Waals surface area contributed by atoms with Gasteiger partial charge in [-0.1, -0.05) is 64.5 Å². The first kappa shape index (κ1) is 21.2. The van der Waals surface area contributed by atoms with Crippen molar-refractivity contribution in [1.29, 1.82) is 0 Å². The summed E-state index contributed by atoms with van der Waals surface area (Å²) in [6.45, 7) is -0.0608. The molecule has 9 heteroatoms. The number of halogens is 4. The van der Waals surface area contributed by atoms with Crippen molar-refractivity contribution in [3.05, 3.63) is 88.9 Å². The molecule has 0 unspecified atom stereocenters. The first-order valence-corrected chi connectivity index (χ1v) is 10.6. The van der Waals surface area contributed by atoms with Crippen LogP contribution in [0.5, 0.6) is 5.75 Å². The van der Waals surface area contributed by atoms with Crippen molar-refractivity contribution >= 4 is 31.6 Å². The SMILES string of the molecule is O=S(=O)(c1ccc(Br)cc1OC(F)(F)F)N(Cc1ccccc1)c1ccccc1. The quantitative estimate of drug-likeness (QED) is 0.446. The summed E-state index contributed by atoms with van der Waals surface area (Å²) in [6.07, 6.45) is -5.04. The molecule has 0 heterocycles. The molecular formula is C20H15BrF3NO3S. The number of benzene rings is 3. The number of hydrogen-bond acceptors (Lipinski definition) is 3. The first-order valence-electron chi connectivity index (χ1n) is 8.34. The van der Waals surface area contributed by atoms with E-state index in [2.05, 4.69) is 20.7 Å². The Kier molecular flexibility index (Phi) is 6.18. The van der Waals surface area contributed by atoms with Crippen molar-refractivity contribution in [3.63, 3.8) is 0 Å². The normalized spacial score (nSPS) is 11.9. The van der Waals surface area contributed by atoms with Crippen LogP contribution in [0.2, 0.25) is 0 Å². The van der Waals surface area contributed by atoms with Crippen LogP contribution in [-0.2, 0) is 16.6 Å². The van der Waals surface area contributed by atoms with E-state index >= 15 is 0 Å². The minimum Gasteiger partial charge on any atom is -0.404 e. The summed E-state index contributed by atoms with van der Waals surface area (Å²) in [7, 11) is -4.38. The van der Waals surface area contributed by atoms with E-state index in [1.807, 2.05) is 0 Å². The Morgan fingerprint density at radius 3 is 2.07 bits per heavy atom. The van der Waals surface area contributed by atoms with Crippen LogP contribution in [0.3, 0.4) is 0 Å². The highest BCUT2D eigenvalue weighted by Crippen LogP contribution is 2.36. The largest absolute Gasteiger partial charge is 0.573 e. The van der Waals surface area contributed by atoms with E-state index < -0.39 is 27.0 Å². The Morgan fingerprint density at radius 1 is 0.897 bits per heavy atom. The van der Waals surface area contributed by atoms with Crippen molar-refractivity contribution in [2.45, 2.75) is 17.8 Å². The molecule has 3 aromatic rings. The van der Waals surface area contributed by atoms with Gasteiger partial charge in [0.05, 0.1) is 12.2 Å². The minimum absolute atomic E-state index is 0.0608. The van der Waals surface area contributed by atoms with Gasteiger partial charge in [-0.2, -0.15) is 0 Å². The van der Waals surface area contributed by atoms with Gasteiger partial charge < -0.3 is 4.74 Å². The molecule has 152 valence electrons. The van der Waals surface area contributed by atoms with Gasteiger partial charge in [-0.15, -0.1) is 13.2 Å². The molecule has 0 bridgehead atoms. The Balaban J connectivity index is 2.12. The zero-order valence-corrected chi connectivity index (χ0v) is 17.2. The van der Waals surface area contributed by atoms with Crippen LogP contribution in [0.15, 0.2) is 88.2 Å². The molecule has 0 aliphatic heterocycles. The summed E-state index contributed by atoms with van der Waals surface area (Å²) >= 11 is 3.05. The molecule has 3 aromatic carbocycles. The maximum absolute atomic E-state index is 13.4. The van der Waals surface area contributed by atoms with Gasteiger partial charge in [0.25, 0.3) is 10.0 Å². The molecule has 0 spiro atoms. The third kappa shape index (κ3) is 5.30. The number of nitrogens with zero attached hydrogens (tertiary/aromatic N) is 1. The monoisotopic (exact) mass is 485 g/mol. The fraction of sp³-hybridized carbons (Fsp3) is 0.100. The van der Waals surface area contributed by atoms with Gasteiger partial charge >= 0.3 is 6.36 Å². The number of anilines is 1. The topological polar surface area (TPSA) is 46.6 Å². The number of hydrogen-bond donors (Lipinski definition) is 0. The summed E-state index contributed by atoms with van der Waals surface area (Å²) in [5.41, 5.74) is 0.993. The van der Waals surface area contributed by atoms with Gasteiger partial charge in [0, 0.05) is 4.47 Å². The molecule has 0 aliphatic carbocycles. The molecule has 0 atom stereocenters. The summed E-state index contributed by atoms with van der Waals surface area (Å²) in [4.78, 5) is -0.585. The van der Waals surface area contributed by atoms with Crippen LogP contribution in [0.4, 0.5) is 18.9 Å². The molecule has 0 radical (unpaired) electrons. The summed E-state index contributed by atoms with van der Waals surface area (Å²) in [5, 5.41) is 0. The second kappa shape index (κ2) is 8.46. The smallest absolute Gasteiger partial charge is 0.404 e. The third-order valence-corrected chi connectivity index (χ3v) is 6.22. The minimum atomic E-state index is -5.04. The maximum Gasteiger partial charge on any atom is 0.573 e. The van der Waals surface area contributed by atoms with Crippen molar-refractivity contribution in [1.82, 2.24) is 0 Å². The van der Waals surface area contributed by atoms with Crippen LogP contribution < -0.4 is 9.04 Å². The van der Waals surface area contributed by atoms with Crippen molar-refractivity contribution in [3.8, 4) is 5.75 Å². The van der Waals surface area contributed by atoms with E-state index in [9.17, 15) is 21.6 Å². The lowest BCUT2D eigenvalue weighted by Gasteiger charge is -2.26. The Bertz CT molecular complexity index is 1080. The van der Waals surface area contributed by atoms with Gasteiger partial charge in [0.15, 0.2) is 5.75 Å². The predicted octanol–water partition coefficient (Wildman–Crippen LogP) is 5.74. The van der Waals surface area contributed by atoms with Crippen LogP contribution in [0.25, 0.3) is 0 Å². The van der Waals surface area contributed by atoms with E-state index in [1.54, 1.807) is 60.7 Å². The van der Waals surface area contributed by atoms with Crippen molar-refractivity contribution in [2.24, 2.45) is 0 Å². The van der Waals surface area contributed by atoms with Crippen molar-refractivity contribution in [2.75, 3.05) is 4.31 Å². The highest BCUT2D eigenvalue weighted by molar-refractivity contribution is 9.10. The molecule has 0 aliphatic rings. The van der Waals surface area contributed by atoms with Crippen LogP contribution in [-0.4, -0.2) is 14.8 Å². The standard InChI is InChI=1S/C20H15BrF3NO3S/c21-16-11-12-19(18(13-16)28-20(22,23)24)29(26,27)25(17-9-5-2-6-10-17)14-15-7-3-1-4-8-15/h1-13H,14H2. The summed E-state index contributed by atoms with van der Waals surface area (Å²) in [5.74, 6) is -0.805. The molecule has 0 fully saturated rings. The average Bonchev–Trinajstić information content (AvgIpc) is 2.66. The first-order chi connectivity index (χ1) is 13.7. The highest BCUT2D eigenvalue weighted by atomic mass is 79.9. The van der Waals surface area contributed by atoms with E-state index in [0.717, 1.165) is 16.4 Å². The molecule has 29 heavy (non-hydrogen) atoms. The number of ether oxygens (including phenoxy) is 1. The molecule has 0 saturated heterocycles. The number of alkyl halides is 3. The number of para-hydroxylation sites is 1. The maximum atomic E-state index is 13.4. The Hall–Kier alpha value is -2.52. The zero-order chi connectivity index (χ0) is 21.1. The summed E-state index contributed by atoms with van der Waals surface area (Å²) < 4.78 is 70.7. The molecule has 0 N–H and O–H groups in total. The second-order valence-corrected chi connectivity index (χ2v) is 8.72. The van der Waals surface area contributed by atoms with Gasteiger partial charge in [-0.05, 0) is 35.9 Å². The fourth-order valence-electron chi connectivity index (χ4n) is 2.68. The third-order valence-electron chi connectivity index (χ3n) is 3.91. The van der Waals surface area contributed by atoms with E-state index in [1.165, 1.54) is 6.07 Å². The molecule has 4 nitrogen and oxygen atoms in total. The van der Waals surface area contributed by atoms with Crippen molar-refractivity contribution < 1.29 is 26.3 Å². The Labute approximate surface area is 174 Å². The molecule has 0 saturated carbocycles. The summed E-state index contributed by atoms with van der Waals surface area (Å²) in [6, 6.07) is 20.3. The predicted molar refractivity (Wildman–Crippen MR) is 107 cm³/mol. The molecule has 0 amide bonds. The van der Waals surface area contributed by atoms with Gasteiger partial charge in [-0.3, -0.25) is 4.31 Å². The average molecular weight is 486 g/mol.